The van der Waals surface area contributed by atoms with Gasteiger partial charge in [-0.25, -0.2) is 13.8 Å². The number of nitrogens with zero attached hydrogens (tertiary/aromatic N) is 2. The van der Waals surface area contributed by atoms with Gasteiger partial charge in [-0.1, -0.05) is 17.7 Å². The molecule has 0 saturated heterocycles. The molecule has 0 unspecified atom stereocenters. The number of benzene rings is 2. The number of hydrogen-bond donors (Lipinski definition) is 1. The topological polar surface area (TPSA) is 47.3 Å². The molecule has 0 spiro atoms. The average molecular weight is 318 g/mol. The number of rotatable bonds is 5. The van der Waals surface area contributed by atoms with Crippen molar-refractivity contribution in [1.29, 1.82) is 0 Å². The van der Waals surface area contributed by atoms with E-state index in [2.05, 4.69) is 4.98 Å². The summed E-state index contributed by atoms with van der Waals surface area (Å²) in [6.07, 6.45) is 0. The molecule has 0 aliphatic heterocycles. The molecule has 0 saturated carbocycles. The molecule has 6 heteroatoms. The number of hydrogen-bond acceptors (Lipinski definition) is 3. The first-order valence-electron chi connectivity index (χ1n) is 7.23. The molecule has 0 fully saturated rings. The zero-order valence-corrected chi connectivity index (χ0v) is 12.6. The molecule has 23 heavy (non-hydrogen) atoms. The van der Waals surface area contributed by atoms with E-state index in [4.69, 9.17) is 4.74 Å². The van der Waals surface area contributed by atoms with Crippen LogP contribution in [0, 0.1) is 18.6 Å². The van der Waals surface area contributed by atoms with Crippen LogP contribution in [0.1, 0.15) is 11.4 Å². The Balaban J connectivity index is 1.92. The van der Waals surface area contributed by atoms with E-state index in [1.54, 1.807) is 4.57 Å². The average Bonchev–Trinajstić information content (AvgIpc) is 2.85. The predicted octanol–water partition coefficient (Wildman–Crippen LogP) is 3.19. The van der Waals surface area contributed by atoms with Crippen LogP contribution in [0.5, 0.6) is 5.75 Å². The summed E-state index contributed by atoms with van der Waals surface area (Å²) in [5, 5.41) is 9.20. The molecule has 0 aliphatic carbocycles. The minimum Gasteiger partial charge on any atom is -0.486 e. The highest BCUT2D eigenvalue weighted by Crippen LogP contribution is 2.21. The van der Waals surface area contributed by atoms with Gasteiger partial charge in [-0.2, -0.15) is 0 Å². The van der Waals surface area contributed by atoms with Gasteiger partial charge in [-0.3, -0.25) is 0 Å². The number of aliphatic hydroxyl groups is 1. The van der Waals surface area contributed by atoms with Crippen LogP contribution in [0.2, 0.25) is 0 Å². The van der Waals surface area contributed by atoms with Crippen LogP contribution >= 0.6 is 0 Å². The Morgan fingerprint density at radius 2 is 1.83 bits per heavy atom. The van der Waals surface area contributed by atoms with Gasteiger partial charge in [0.1, 0.15) is 18.2 Å². The van der Waals surface area contributed by atoms with Crippen LogP contribution in [-0.2, 0) is 13.2 Å². The third-order valence-electron chi connectivity index (χ3n) is 3.58. The van der Waals surface area contributed by atoms with Gasteiger partial charge in [0.2, 0.25) is 0 Å². The van der Waals surface area contributed by atoms with Crippen LogP contribution in [0.25, 0.3) is 11.0 Å². The van der Waals surface area contributed by atoms with E-state index in [0.29, 0.717) is 22.6 Å². The molecule has 1 N–H and O–H groups in total. The number of imidazole rings is 1. The van der Waals surface area contributed by atoms with Crippen molar-refractivity contribution in [3.63, 3.8) is 0 Å². The fourth-order valence-electron chi connectivity index (χ4n) is 2.41. The lowest BCUT2D eigenvalue weighted by Crippen LogP contribution is -2.09. The van der Waals surface area contributed by atoms with Crippen LogP contribution in [0.4, 0.5) is 8.78 Å². The van der Waals surface area contributed by atoms with Crippen LogP contribution in [0.3, 0.4) is 0 Å². The molecule has 1 aromatic heterocycles. The molecule has 0 radical (unpaired) electrons. The lowest BCUT2D eigenvalue weighted by atomic mass is 10.2. The molecule has 0 bridgehead atoms. The maximum absolute atomic E-state index is 13.5. The molecule has 3 aromatic rings. The number of aromatic nitrogens is 2. The number of aliphatic hydroxyl groups excluding tert-OH is 1. The van der Waals surface area contributed by atoms with Gasteiger partial charge in [0.25, 0.3) is 0 Å². The Bertz CT molecular complexity index is 829. The fraction of sp³-hybridized carbons (Fsp3) is 0.235. The first-order chi connectivity index (χ1) is 11.1. The van der Waals surface area contributed by atoms with Crippen LogP contribution in [0.15, 0.2) is 36.4 Å². The molecular formula is C17H16F2N2O2. The smallest absolute Gasteiger partial charge is 0.161 e. The van der Waals surface area contributed by atoms with E-state index in [-0.39, 0.29) is 19.8 Å². The van der Waals surface area contributed by atoms with E-state index in [1.165, 1.54) is 0 Å². The minimum atomic E-state index is -0.947. The van der Waals surface area contributed by atoms with Gasteiger partial charge in [0.15, 0.2) is 11.6 Å². The molecule has 0 atom stereocenters. The molecule has 4 nitrogen and oxygen atoms in total. The summed E-state index contributed by atoms with van der Waals surface area (Å²) < 4.78 is 34.1. The van der Waals surface area contributed by atoms with Crippen LogP contribution < -0.4 is 4.74 Å². The first kappa shape index (κ1) is 15.4. The maximum Gasteiger partial charge on any atom is 0.161 e. The van der Waals surface area contributed by atoms with Crippen molar-refractivity contribution in [2.24, 2.45) is 0 Å². The molecule has 1 heterocycles. The van der Waals surface area contributed by atoms with Crippen molar-refractivity contribution in [1.82, 2.24) is 9.55 Å². The maximum atomic E-state index is 13.5. The summed E-state index contributed by atoms with van der Waals surface area (Å²) in [5.74, 6) is -0.713. The van der Waals surface area contributed by atoms with Crippen molar-refractivity contribution < 1.29 is 18.6 Å². The largest absolute Gasteiger partial charge is 0.486 e. The third-order valence-corrected chi connectivity index (χ3v) is 3.58. The standard InChI is InChI=1S/C17H16F2N2O2/c1-11-2-4-12(5-3-11)23-10-17-20-15-8-13(18)14(19)9-16(15)21(17)6-7-22/h2-5,8-9,22H,6-7,10H2,1H3. The summed E-state index contributed by atoms with van der Waals surface area (Å²) in [7, 11) is 0. The zero-order chi connectivity index (χ0) is 16.4. The fourth-order valence-corrected chi connectivity index (χ4v) is 2.41. The van der Waals surface area contributed by atoms with E-state index >= 15 is 0 Å². The number of fused-ring (bicyclic) bond motifs is 1. The summed E-state index contributed by atoms with van der Waals surface area (Å²) >= 11 is 0. The molecule has 3 rings (SSSR count). The Labute approximate surface area is 132 Å². The van der Waals surface area contributed by atoms with Gasteiger partial charge in [0, 0.05) is 18.7 Å². The van der Waals surface area contributed by atoms with Crippen molar-refractivity contribution in [2.75, 3.05) is 6.61 Å². The normalized spacial score (nSPS) is 11.1. The molecule has 0 aliphatic rings. The number of halogens is 2. The highest BCUT2D eigenvalue weighted by Gasteiger charge is 2.14. The third kappa shape index (κ3) is 3.17. The second-order valence-corrected chi connectivity index (χ2v) is 5.26. The van der Waals surface area contributed by atoms with Gasteiger partial charge >= 0.3 is 0 Å². The SMILES string of the molecule is Cc1ccc(OCc2nc3cc(F)c(F)cc3n2CCO)cc1. The van der Waals surface area contributed by atoms with Gasteiger partial charge in [-0.05, 0) is 19.1 Å². The molecule has 2 aromatic carbocycles. The Morgan fingerprint density at radius 3 is 2.52 bits per heavy atom. The quantitative estimate of drug-likeness (QED) is 0.786. The zero-order valence-electron chi connectivity index (χ0n) is 12.6. The second kappa shape index (κ2) is 6.34. The Kier molecular flexibility index (Phi) is 4.25. The first-order valence-corrected chi connectivity index (χ1v) is 7.23. The van der Waals surface area contributed by atoms with Crippen molar-refractivity contribution in [2.45, 2.75) is 20.1 Å². The minimum absolute atomic E-state index is 0.137. The van der Waals surface area contributed by atoms with Gasteiger partial charge in [0.05, 0.1) is 17.6 Å². The molecular weight excluding hydrogens is 302 g/mol. The summed E-state index contributed by atoms with van der Waals surface area (Å²) in [6.45, 7) is 2.21. The van der Waals surface area contributed by atoms with E-state index < -0.39 is 11.6 Å². The summed E-state index contributed by atoms with van der Waals surface area (Å²) in [6, 6.07) is 9.67. The van der Waals surface area contributed by atoms with Crippen molar-refractivity contribution in [3.8, 4) is 5.75 Å². The lowest BCUT2D eigenvalue weighted by Gasteiger charge is -2.09. The lowest BCUT2D eigenvalue weighted by molar-refractivity contribution is 0.260. The van der Waals surface area contributed by atoms with Gasteiger partial charge < -0.3 is 14.4 Å². The second-order valence-electron chi connectivity index (χ2n) is 5.26. The Morgan fingerprint density at radius 1 is 1.13 bits per heavy atom. The van der Waals surface area contributed by atoms with E-state index in [9.17, 15) is 13.9 Å². The highest BCUT2D eigenvalue weighted by atomic mass is 19.2. The Hall–Kier alpha value is -2.47. The summed E-state index contributed by atoms with van der Waals surface area (Å²) in [5.41, 5.74) is 1.89. The molecule has 0 amide bonds. The summed E-state index contributed by atoms with van der Waals surface area (Å²) in [4.78, 5) is 4.29. The van der Waals surface area contributed by atoms with E-state index in [1.807, 2.05) is 31.2 Å². The molecule has 120 valence electrons. The monoisotopic (exact) mass is 318 g/mol. The predicted molar refractivity (Wildman–Crippen MR) is 82.2 cm³/mol. The van der Waals surface area contributed by atoms with Gasteiger partial charge in [-0.15, -0.1) is 0 Å². The highest BCUT2D eigenvalue weighted by molar-refractivity contribution is 5.76. The number of aryl methyl sites for hydroxylation is 1. The van der Waals surface area contributed by atoms with Crippen molar-refractivity contribution >= 4 is 11.0 Å². The van der Waals surface area contributed by atoms with E-state index in [0.717, 1.165) is 17.7 Å². The number of ether oxygens (including phenoxy) is 1. The van der Waals surface area contributed by atoms with Crippen molar-refractivity contribution in [3.05, 3.63) is 59.4 Å². The van der Waals surface area contributed by atoms with Crippen LogP contribution in [-0.4, -0.2) is 21.3 Å².